The monoisotopic (exact) mass is 220 g/mol. The first kappa shape index (κ1) is 11.3. The summed E-state index contributed by atoms with van der Waals surface area (Å²) < 4.78 is 0. The van der Waals surface area contributed by atoms with E-state index in [-0.39, 0.29) is 0 Å². The molecule has 2 rings (SSSR count). The highest BCUT2D eigenvalue weighted by Crippen LogP contribution is 2.20. The Balaban J connectivity index is 2.14. The fourth-order valence-electron chi connectivity index (χ4n) is 2.45. The maximum atomic E-state index is 5.63. The molecule has 0 aromatic carbocycles. The number of anilines is 1. The van der Waals surface area contributed by atoms with Gasteiger partial charge < -0.3 is 11.1 Å². The van der Waals surface area contributed by atoms with Gasteiger partial charge in [0.25, 0.3) is 0 Å². The van der Waals surface area contributed by atoms with Crippen LogP contribution in [-0.2, 0) is 6.42 Å². The van der Waals surface area contributed by atoms with Gasteiger partial charge in [-0.1, -0.05) is 0 Å². The van der Waals surface area contributed by atoms with Crippen molar-refractivity contribution in [2.24, 2.45) is 5.92 Å². The molecule has 4 heteroatoms. The van der Waals surface area contributed by atoms with Gasteiger partial charge in [-0.15, -0.1) is 0 Å². The number of nitrogens with zero attached hydrogens (tertiary/aromatic N) is 2. The third-order valence-electron chi connectivity index (χ3n) is 3.33. The zero-order valence-corrected chi connectivity index (χ0v) is 10.1. The highest BCUT2D eigenvalue weighted by atomic mass is 15.0. The summed E-state index contributed by atoms with van der Waals surface area (Å²) in [5, 5.41) is 3.44. The van der Waals surface area contributed by atoms with E-state index < -0.39 is 0 Å². The van der Waals surface area contributed by atoms with Crippen LogP contribution in [0, 0.1) is 19.8 Å². The summed E-state index contributed by atoms with van der Waals surface area (Å²) in [5.74, 6) is 1.11. The zero-order chi connectivity index (χ0) is 11.5. The maximum absolute atomic E-state index is 5.63. The van der Waals surface area contributed by atoms with Gasteiger partial charge in [-0.2, -0.15) is 0 Å². The quantitative estimate of drug-likeness (QED) is 0.786. The van der Waals surface area contributed by atoms with E-state index in [2.05, 4.69) is 15.3 Å². The van der Waals surface area contributed by atoms with Crippen molar-refractivity contribution in [3.63, 3.8) is 0 Å². The highest BCUT2D eigenvalue weighted by Gasteiger charge is 2.16. The molecule has 1 aliphatic heterocycles. The van der Waals surface area contributed by atoms with Gasteiger partial charge in [-0.25, -0.2) is 9.97 Å². The lowest BCUT2D eigenvalue weighted by Gasteiger charge is -2.23. The molecule has 1 unspecified atom stereocenters. The van der Waals surface area contributed by atoms with Crippen LogP contribution in [0.25, 0.3) is 0 Å². The molecule has 1 aromatic heterocycles. The number of aryl methyl sites for hydroxylation is 2. The fraction of sp³-hybridized carbons (Fsp3) is 0.667. The van der Waals surface area contributed by atoms with Crippen LogP contribution < -0.4 is 11.1 Å². The molecule has 3 N–H and O–H groups in total. The van der Waals surface area contributed by atoms with Crippen LogP contribution in [0.2, 0.25) is 0 Å². The number of aromatic nitrogens is 2. The standard InChI is InChI=1S/C12H20N4/c1-8-11(9(2)16-12(13)15-8)6-10-4-3-5-14-7-10/h10,14H,3-7H2,1-2H3,(H2,13,15,16). The highest BCUT2D eigenvalue weighted by molar-refractivity contribution is 5.30. The van der Waals surface area contributed by atoms with Crippen molar-refractivity contribution in [1.82, 2.24) is 15.3 Å². The Bertz CT molecular complexity index is 346. The number of hydrogen-bond acceptors (Lipinski definition) is 4. The Hall–Kier alpha value is -1.16. The van der Waals surface area contributed by atoms with Crippen molar-refractivity contribution in [1.29, 1.82) is 0 Å². The fourth-order valence-corrected chi connectivity index (χ4v) is 2.45. The van der Waals surface area contributed by atoms with Gasteiger partial charge in [-0.05, 0) is 57.7 Å². The first-order chi connectivity index (χ1) is 7.66. The predicted molar refractivity (Wildman–Crippen MR) is 65.2 cm³/mol. The van der Waals surface area contributed by atoms with Crippen molar-refractivity contribution in [3.05, 3.63) is 17.0 Å². The van der Waals surface area contributed by atoms with E-state index in [0.29, 0.717) is 5.95 Å². The molecule has 2 heterocycles. The molecule has 0 spiro atoms. The lowest BCUT2D eigenvalue weighted by Crippen LogP contribution is -2.31. The van der Waals surface area contributed by atoms with E-state index in [1.54, 1.807) is 0 Å². The summed E-state index contributed by atoms with van der Waals surface area (Å²) in [6.07, 6.45) is 3.65. The topological polar surface area (TPSA) is 63.8 Å². The summed E-state index contributed by atoms with van der Waals surface area (Å²) in [6.45, 7) is 6.32. The molecule has 1 aromatic rings. The number of hydrogen-bond donors (Lipinski definition) is 2. The second-order valence-electron chi connectivity index (χ2n) is 4.65. The summed E-state index contributed by atoms with van der Waals surface area (Å²) in [7, 11) is 0. The Labute approximate surface area is 96.7 Å². The Morgan fingerprint density at radius 2 is 2.00 bits per heavy atom. The Morgan fingerprint density at radius 1 is 1.31 bits per heavy atom. The maximum Gasteiger partial charge on any atom is 0.220 e. The molecule has 1 aliphatic rings. The molecule has 1 fully saturated rings. The van der Waals surface area contributed by atoms with E-state index in [0.717, 1.165) is 36.8 Å². The Kier molecular flexibility index (Phi) is 3.39. The largest absolute Gasteiger partial charge is 0.368 e. The third kappa shape index (κ3) is 2.50. The average Bonchev–Trinajstić information content (AvgIpc) is 2.25. The summed E-state index contributed by atoms with van der Waals surface area (Å²) in [6, 6.07) is 0. The molecule has 16 heavy (non-hydrogen) atoms. The van der Waals surface area contributed by atoms with Gasteiger partial charge in [-0.3, -0.25) is 0 Å². The van der Waals surface area contributed by atoms with Crippen molar-refractivity contribution in [2.45, 2.75) is 33.1 Å². The van der Waals surface area contributed by atoms with Crippen LogP contribution in [0.1, 0.15) is 29.8 Å². The second kappa shape index (κ2) is 4.78. The predicted octanol–water partition coefficient (Wildman–Crippen LogP) is 1.22. The molecule has 0 saturated carbocycles. The molecule has 0 bridgehead atoms. The minimum absolute atomic E-state index is 0.389. The minimum atomic E-state index is 0.389. The van der Waals surface area contributed by atoms with Crippen LogP contribution in [0.5, 0.6) is 0 Å². The van der Waals surface area contributed by atoms with E-state index in [9.17, 15) is 0 Å². The van der Waals surface area contributed by atoms with E-state index in [4.69, 9.17) is 5.73 Å². The van der Waals surface area contributed by atoms with Crippen LogP contribution in [-0.4, -0.2) is 23.1 Å². The second-order valence-corrected chi connectivity index (χ2v) is 4.65. The SMILES string of the molecule is Cc1nc(N)nc(C)c1CC1CCCNC1. The molecular weight excluding hydrogens is 200 g/mol. The van der Waals surface area contributed by atoms with Crippen LogP contribution in [0.15, 0.2) is 0 Å². The number of rotatable bonds is 2. The molecule has 4 nitrogen and oxygen atoms in total. The molecule has 0 amide bonds. The van der Waals surface area contributed by atoms with Crippen LogP contribution in [0.4, 0.5) is 5.95 Å². The lowest BCUT2D eigenvalue weighted by atomic mass is 9.91. The lowest BCUT2D eigenvalue weighted by molar-refractivity contribution is 0.374. The number of nitrogens with one attached hydrogen (secondary N) is 1. The number of piperidine rings is 1. The van der Waals surface area contributed by atoms with E-state index in [1.165, 1.54) is 18.4 Å². The molecule has 0 radical (unpaired) electrons. The summed E-state index contributed by atoms with van der Waals surface area (Å²) in [5.41, 5.74) is 8.98. The van der Waals surface area contributed by atoms with Gasteiger partial charge in [0, 0.05) is 11.4 Å². The molecule has 1 saturated heterocycles. The third-order valence-corrected chi connectivity index (χ3v) is 3.33. The van der Waals surface area contributed by atoms with Gasteiger partial charge in [0.2, 0.25) is 5.95 Å². The summed E-state index contributed by atoms with van der Waals surface area (Å²) >= 11 is 0. The van der Waals surface area contributed by atoms with E-state index in [1.807, 2.05) is 13.8 Å². The molecule has 1 atom stereocenters. The zero-order valence-electron chi connectivity index (χ0n) is 10.1. The smallest absolute Gasteiger partial charge is 0.220 e. The number of nitrogens with two attached hydrogens (primary N) is 1. The molecule has 88 valence electrons. The van der Waals surface area contributed by atoms with Gasteiger partial charge >= 0.3 is 0 Å². The first-order valence-electron chi connectivity index (χ1n) is 5.97. The van der Waals surface area contributed by atoms with Gasteiger partial charge in [0.1, 0.15) is 0 Å². The van der Waals surface area contributed by atoms with Gasteiger partial charge in [0.15, 0.2) is 0 Å². The van der Waals surface area contributed by atoms with Crippen molar-refractivity contribution in [3.8, 4) is 0 Å². The number of nitrogen functional groups attached to an aromatic ring is 1. The van der Waals surface area contributed by atoms with E-state index >= 15 is 0 Å². The molecular formula is C12H20N4. The van der Waals surface area contributed by atoms with Crippen molar-refractivity contribution >= 4 is 5.95 Å². The average molecular weight is 220 g/mol. The molecule has 0 aliphatic carbocycles. The minimum Gasteiger partial charge on any atom is -0.368 e. The normalized spacial score (nSPS) is 21.0. The van der Waals surface area contributed by atoms with Gasteiger partial charge in [0.05, 0.1) is 0 Å². The van der Waals surface area contributed by atoms with Crippen molar-refractivity contribution in [2.75, 3.05) is 18.8 Å². The Morgan fingerprint density at radius 3 is 2.56 bits per heavy atom. The first-order valence-corrected chi connectivity index (χ1v) is 5.97. The van der Waals surface area contributed by atoms with Crippen LogP contribution >= 0.6 is 0 Å². The van der Waals surface area contributed by atoms with Crippen molar-refractivity contribution < 1.29 is 0 Å². The van der Waals surface area contributed by atoms with Crippen LogP contribution in [0.3, 0.4) is 0 Å². The summed E-state index contributed by atoms with van der Waals surface area (Å²) in [4.78, 5) is 8.49.